The van der Waals surface area contributed by atoms with Crippen molar-refractivity contribution in [1.29, 1.82) is 0 Å². The molecule has 0 radical (unpaired) electrons. The predicted molar refractivity (Wildman–Crippen MR) is 130 cm³/mol. The van der Waals surface area contributed by atoms with Crippen LogP contribution in [-0.4, -0.2) is 70.3 Å². The molecule has 2 aliphatic heterocycles. The van der Waals surface area contributed by atoms with Crippen LogP contribution in [0.15, 0.2) is 42.5 Å². The van der Waals surface area contributed by atoms with Crippen LogP contribution in [0.5, 0.6) is 11.5 Å². The average molecular weight is 515 g/mol. The smallest absolute Gasteiger partial charge is 0.416 e. The summed E-state index contributed by atoms with van der Waals surface area (Å²) in [6.45, 7) is 0.751. The molecule has 2 N–H and O–H groups in total. The number of likely N-dealkylation sites (tertiary alicyclic amines) is 1. The third kappa shape index (κ3) is 3.23. The van der Waals surface area contributed by atoms with Crippen LogP contribution in [0.2, 0.25) is 0 Å². The maximum Gasteiger partial charge on any atom is 0.416 e. The molecule has 37 heavy (non-hydrogen) atoms. The van der Waals surface area contributed by atoms with Crippen molar-refractivity contribution in [3.05, 3.63) is 64.7 Å². The lowest BCUT2D eigenvalue weighted by Crippen LogP contribution is -2.81. The lowest BCUT2D eigenvalue weighted by molar-refractivity contribution is -0.213. The number of hydrogen-bond donors (Lipinski definition) is 2. The van der Waals surface area contributed by atoms with E-state index in [1.165, 1.54) is 29.2 Å². The van der Waals surface area contributed by atoms with Gasteiger partial charge in [-0.05, 0) is 74.7 Å². The minimum absolute atomic E-state index is 0.0623. The summed E-state index contributed by atoms with van der Waals surface area (Å²) in [6, 6.07) is 7.57. The Hall–Kier alpha value is -3.04. The van der Waals surface area contributed by atoms with Crippen LogP contribution in [-0.2, 0) is 22.8 Å². The summed E-state index contributed by atoms with van der Waals surface area (Å²) in [4.78, 5) is 17.0. The SMILES string of the molecule is CN1CC[C@]23c4c5ccc(O)c4O[C@H]2CC[C@H](N(C)C(=O)C=Cc2cccc(C(F)(F)F)c2)[C@@]3(O)[C@H]1C5. The maximum absolute atomic E-state index is 13.3. The third-order valence-electron chi connectivity index (χ3n) is 9.16. The number of carbonyl (C=O) groups is 1. The summed E-state index contributed by atoms with van der Waals surface area (Å²) in [6.07, 6.45) is 0.153. The van der Waals surface area contributed by atoms with Crippen LogP contribution < -0.4 is 4.74 Å². The Kier molecular flexibility index (Phi) is 5.24. The van der Waals surface area contributed by atoms with Gasteiger partial charge in [0.1, 0.15) is 11.7 Å². The monoisotopic (exact) mass is 514 g/mol. The topological polar surface area (TPSA) is 73.2 Å². The number of piperidine rings is 1. The molecule has 0 unspecified atom stereocenters. The molecule has 1 saturated carbocycles. The van der Waals surface area contributed by atoms with Crippen LogP contribution in [0.4, 0.5) is 13.2 Å². The number of aromatic hydroxyl groups is 1. The normalized spacial score (nSPS) is 32.2. The Morgan fingerprint density at radius 3 is 2.78 bits per heavy atom. The van der Waals surface area contributed by atoms with Crippen LogP contribution >= 0.6 is 0 Å². The highest BCUT2D eigenvalue weighted by atomic mass is 19.4. The van der Waals surface area contributed by atoms with E-state index in [9.17, 15) is 28.2 Å². The van der Waals surface area contributed by atoms with Gasteiger partial charge in [0.15, 0.2) is 11.5 Å². The first-order chi connectivity index (χ1) is 17.5. The van der Waals surface area contributed by atoms with E-state index in [1.807, 2.05) is 13.1 Å². The van der Waals surface area contributed by atoms with Crippen molar-refractivity contribution in [3.63, 3.8) is 0 Å². The van der Waals surface area contributed by atoms with E-state index < -0.39 is 34.7 Å². The Morgan fingerprint density at radius 1 is 1.24 bits per heavy atom. The second-order valence-corrected chi connectivity index (χ2v) is 10.8. The molecule has 9 heteroatoms. The highest BCUT2D eigenvalue weighted by Gasteiger charge is 2.74. The summed E-state index contributed by atoms with van der Waals surface area (Å²) in [5, 5.41) is 23.3. The van der Waals surface area contributed by atoms with Gasteiger partial charge in [0, 0.05) is 24.7 Å². The molecule has 2 aromatic rings. The fourth-order valence-corrected chi connectivity index (χ4v) is 7.50. The van der Waals surface area contributed by atoms with E-state index in [4.69, 9.17) is 4.74 Å². The fraction of sp³-hybridized carbons (Fsp3) is 0.464. The van der Waals surface area contributed by atoms with Gasteiger partial charge in [-0.3, -0.25) is 4.79 Å². The number of alkyl halides is 3. The van der Waals surface area contributed by atoms with Crippen molar-refractivity contribution < 1.29 is 32.9 Å². The number of aliphatic hydroxyl groups is 1. The minimum atomic E-state index is -4.47. The third-order valence-corrected chi connectivity index (χ3v) is 9.16. The quantitative estimate of drug-likeness (QED) is 0.611. The van der Waals surface area contributed by atoms with Gasteiger partial charge in [-0.15, -0.1) is 0 Å². The van der Waals surface area contributed by atoms with Crippen molar-refractivity contribution in [2.24, 2.45) is 0 Å². The molecule has 2 heterocycles. The highest BCUT2D eigenvalue weighted by molar-refractivity contribution is 5.92. The summed E-state index contributed by atoms with van der Waals surface area (Å²) in [5.74, 6) is 0.113. The molecule has 1 amide bonds. The highest BCUT2D eigenvalue weighted by Crippen LogP contribution is 2.65. The number of amides is 1. The van der Waals surface area contributed by atoms with Crippen LogP contribution in [0, 0.1) is 0 Å². The largest absolute Gasteiger partial charge is 0.504 e. The predicted octanol–water partition coefficient (Wildman–Crippen LogP) is 3.74. The summed E-state index contributed by atoms with van der Waals surface area (Å²) in [5.41, 5.74) is -0.674. The molecule has 5 atom stereocenters. The number of hydrogen-bond acceptors (Lipinski definition) is 5. The summed E-state index contributed by atoms with van der Waals surface area (Å²) < 4.78 is 45.6. The molecular formula is C28H29F3N2O4. The first-order valence-electron chi connectivity index (χ1n) is 12.5. The average Bonchev–Trinajstić information content (AvgIpc) is 3.20. The maximum atomic E-state index is 13.3. The molecular weight excluding hydrogens is 485 g/mol. The van der Waals surface area contributed by atoms with Crippen molar-refractivity contribution in [1.82, 2.24) is 9.80 Å². The Bertz CT molecular complexity index is 1310. The van der Waals surface area contributed by atoms with Gasteiger partial charge >= 0.3 is 6.18 Å². The van der Waals surface area contributed by atoms with E-state index in [1.54, 1.807) is 13.1 Å². The number of likely N-dealkylation sites (N-methyl/N-ethyl adjacent to an activating group) is 2. The number of halogens is 3. The molecule has 0 aromatic heterocycles. The number of phenols is 1. The van der Waals surface area contributed by atoms with E-state index in [2.05, 4.69) is 4.90 Å². The minimum Gasteiger partial charge on any atom is -0.504 e. The van der Waals surface area contributed by atoms with E-state index >= 15 is 0 Å². The Morgan fingerprint density at radius 2 is 2.03 bits per heavy atom. The zero-order valence-electron chi connectivity index (χ0n) is 20.6. The molecule has 2 aromatic carbocycles. The molecule has 2 aliphatic carbocycles. The molecule has 196 valence electrons. The second kappa shape index (κ2) is 7.98. The first-order valence-corrected chi connectivity index (χ1v) is 12.5. The number of nitrogens with zero attached hydrogens (tertiary/aromatic N) is 2. The zero-order chi connectivity index (χ0) is 26.3. The number of phenolic OH excluding ortho intramolecular Hbond substituents is 1. The molecule has 2 bridgehead atoms. The molecule has 1 spiro atoms. The summed E-state index contributed by atoms with van der Waals surface area (Å²) >= 11 is 0. The van der Waals surface area contributed by atoms with Gasteiger partial charge < -0.3 is 24.7 Å². The summed E-state index contributed by atoms with van der Waals surface area (Å²) in [7, 11) is 3.62. The molecule has 6 rings (SSSR count). The van der Waals surface area contributed by atoms with Crippen LogP contribution in [0.1, 0.15) is 41.5 Å². The molecule has 4 aliphatic rings. The molecule has 2 fully saturated rings. The second-order valence-electron chi connectivity index (χ2n) is 10.8. The lowest BCUT2D eigenvalue weighted by Gasteiger charge is -2.66. The van der Waals surface area contributed by atoms with E-state index in [0.717, 1.165) is 29.8 Å². The van der Waals surface area contributed by atoms with Crippen molar-refractivity contribution >= 4 is 12.0 Å². The fourth-order valence-electron chi connectivity index (χ4n) is 7.50. The van der Waals surface area contributed by atoms with Gasteiger partial charge in [0.05, 0.1) is 17.0 Å². The zero-order valence-corrected chi connectivity index (χ0v) is 20.6. The first kappa shape index (κ1) is 24.3. The number of rotatable bonds is 3. The van der Waals surface area contributed by atoms with Crippen molar-refractivity contribution in [2.45, 2.75) is 61.1 Å². The van der Waals surface area contributed by atoms with Crippen molar-refractivity contribution in [2.75, 3.05) is 20.6 Å². The number of carbonyl (C=O) groups excluding carboxylic acids is 1. The van der Waals surface area contributed by atoms with Gasteiger partial charge in [-0.1, -0.05) is 18.2 Å². The lowest BCUT2D eigenvalue weighted by atomic mass is 9.47. The van der Waals surface area contributed by atoms with Gasteiger partial charge in [-0.2, -0.15) is 13.2 Å². The number of ether oxygens (including phenoxy) is 1. The number of benzene rings is 2. The van der Waals surface area contributed by atoms with Gasteiger partial charge in [0.2, 0.25) is 5.91 Å². The van der Waals surface area contributed by atoms with Gasteiger partial charge in [0.25, 0.3) is 0 Å². The van der Waals surface area contributed by atoms with Crippen LogP contribution in [0.3, 0.4) is 0 Å². The molecule has 1 saturated heterocycles. The van der Waals surface area contributed by atoms with Gasteiger partial charge in [-0.25, -0.2) is 0 Å². The molecule has 6 nitrogen and oxygen atoms in total. The van der Waals surface area contributed by atoms with E-state index in [-0.39, 0.29) is 23.5 Å². The Labute approximate surface area is 212 Å². The standard InChI is InChI=1S/C28H29F3N2O4/c1-32-13-12-26-22-10-9-20(27(26,36)21(32)15-17-7-8-19(34)25(37-22)24(17)26)33(2)23(35)11-6-16-4-3-5-18(14-16)28(29,30)31/h3-8,11,14,20-22,34,36H,9-10,12-13,15H2,1-2H3/t20-,21+,22-,26+,27+/m0/s1. The van der Waals surface area contributed by atoms with E-state index in [0.29, 0.717) is 31.4 Å². The van der Waals surface area contributed by atoms with Crippen molar-refractivity contribution in [3.8, 4) is 11.5 Å². The Balaban J connectivity index is 1.36. The van der Waals surface area contributed by atoms with Crippen LogP contribution in [0.25, 0.3) is 6.08 Å².